The maximum absolute atomic E-state index is 12.6. The zero-order valence-electron chi connectivity index (χ0n) is 12.3. The SMILES string of the molecule is O=S(=O)(NC1CCCCCC1)c1ccsc1CNC1CC1. The van der Waals surface area contributed by atoms with Crippen molar-refractivity contribution >= 4 is 21.4 Å². The Hall–Kier alpha value is -0.430. The van der Waals surface area contributed by atoms with Crippen molar-refractivity contribution in [1.82, 2.24) is 10.0 Å². The van der Waals surface area contributed by atoms with Crippen LogP contribution in [-0.2, 0) is 16.6 Å². The smallest absolute Gasteiger partial charge is 0.241 e. The fraction of sp³-hybridized carbons (Fsp3) is 0.733. The molecule has 0 spiro atoms. The Morgan fingerprint density at radius 3 is 2.43 bits per heavy atom. The number of sulfonamides is 1. The average molecular weight is 329 g/mol. The van der Waals surface area contributed by atoms with Gasteiger partial charge in [-0.1, -0.05) is 25.7 Å². The third-order valence-electron chi connectivity index (χ3n) is 4.30. The molecule has 0 amide bonds. The van der Waals surface area contributed by atoms with E-state index in [4.69, 9.17) is 0 Å². The minimum atomic E-state index is -3.37. The molecule has 0 aliphatic heterocycles. The summed E-state index contributed by atoms with van der Waals surface area (Å²) in [6.07, 6.45) is 9.10. The fourth-order valence-electron chi connectivity index (χ4n) is 2.90. The van der Waals surface area contributed by atoms with Gasteiger partial charge in [-0.3, -0.25) is 0 Å². The molecule has 3 rings (SSSR count). The molecule has 0 aromatic carbocycles. The summed E-state index contributed by atoms with van der Waals surface area (Å²) in [5, 5.41) is 5.28. The fourth-order valence-corrected chi connectivity index (χ4v) is 5.60. The van der Waals surface area contributed by atoms with Crippen molar-refractivity contribution in [3.63, 3.8) is 0 Å². The maximum atomic E-state index is 12.6. The zero-order valence-corrected chi connectivity index (χ0v) is 13.9. The highest BCUT2D eigenvalue weighted by atomic mass is 32.2. The van der Waals surface area contributed by atoms with Gasteiger partial charge in [0, 0.05) is 23.5 Å². The normalized spacial score (nSPS) is 21.3. The van der Waals surface area contributed by atoms with Crippen LogP contribution in [0.2, 0.25) is 0 Å². The van der Waals surface area contributed by atoms with Crippen LogP contribution in [0.15, 0.2) is 16.3 Å². The highest BCUT2D eigenvalue weighted by Gasteiger charge is 2.26. The summed E-state index contributed by atoms with van der Waals surface area (Å²) in [5.41, 5.74) is 0. The lowest BCUT2D eigenvalue weighted by Gasteiger charge is -2.16. The van der Waals surface area contributed by atoms with Crippen molar-refractivity contribution in [3.8, 4) is 0 Å². The van der Waals surface area contributed by atoms with E-state index in [-0.39, 0.29) is 6.04 Å². The van der Waals surface area contributed by atoms with E-state index in [1.165, 1.54) is 37.0 Å². The molecule has 1 heterocycles. The van der Waals surface area contributed by atoms with E-state index in [1.54, 1.807) is 6.07 Å². The molecule has 4 nitrogen and oxygen atoms in total. The molecule has 0 bridgehead atoms. The van der Waals surface area contributed by atoms with Crippen molar-refractivity contribution in [1.29, 1.82) is 0 Å². The monoisotopic (exact) mass is 328 g/mol. The van der Waals surface area contributed by atoms with Crippen LogP contribution in [-0.4, -0.2) is 20.5 Å². The third kappa shape index (κ3) is 4.28. The van der Waals surface area contributed by atoms with Crippen LogP contribution in [0.3, 0.4) is 0 Å². The van der Waals surface area contributed by atoms with Gasteiger partial charge in [-0.25, -0.2) is 13.1 Å². The Balaban J connectivity index is 1.66. The summed E-state index contributed by atoms with van der Waals surface area (Å²) in [5.74, 6) is 0. The molecule has 0 saturated heterocycles. The van der Waals surface area contributed by atoms with E-state index in [2.05, 4.69) is 10.0 Å². The standard InChI is InChI=1S/C15H24N2O2S2/c18-21(19,17-13-5-3-1-2-4-6-13)15-9-10-20-14(15)11-16-12-7-8-12/h9-10,12-13,16-17H,1-8,11H2. The predicted molar refractivity (Wildman–Crippen MR) is 86.0 cm³/mol. The lowest BCUT2D eigenvalue weighted by atomic mass is 10.1. The molecule has 2 aliphatic rings. The van der Waals surface area contributed by atoms with Crippen LogP contribution in [0, 0.1) is 0 Å². The van der Waals surface area contributed by atoms with E-state index in [9.17, 15) is 8.42 Å². The maximum Gasteiger partial charge on any atom is 0.241 e. The molecule has 0 atom stereocenters. The molecular formula is C15H24N2O2S2. The Kier molecular flexibility index (Phi) is 4.99. The van der Waals surface area contributed by atoms with Crippen LogP contribution >= 0.6 is 11.3 Å². The van der Waals surface area contributed by atoms with E-state index < -0.39 is 10.0 Å². The van der Waals surface area contributed by atoms with Crippen LogP contribution < -0.4 is 10.0 Å². The molecule has 1 aromatic rings. The largest absolute Gasteiger partial charge is 0.309 e. The second-order valence-electron chi connectivity index (χ2n) is 6.17. The third-order valence-corrected chi connectivity index (χ3v) is 6.95. The molecule has 1 aromatic heterocycles. The van der Waals surface area contributed by atoms with Gasteiger partial charge in [-0.15, -0.1) is 11.3 Å². The van der Waals surface area contributed by atoms with Crippen LogP contribution in [0.4, 0.5) is 0 Å². The Morgan fingerprint density at radius 1 is 1.05 bits per heavy atom. The summed E-state index contributed by atoms with van der Waals surface area (Å²) in [6, 6.07) is 2.45. The van der Waals surface area contributed by atoms with Crippen LogP contribution in [0.1, 0.15) is 56.2 Å². The summed E-state index contributed by atoms with van der Waals surface area (Å²) >= 11 is 1.53. The Bertz CT molecular complexity index is 556. The first-order valence-corrected chi connectivity index (χ1v) is 10.3. The number of thiophene rings is 1. The van der Waals surface area contributed by atoms with Gasteiger partial charge in [0.1, 0.15) is 0 Å². The van der Waals surface area contributed by atoms with E-state index >= 15 is 0 Å². The minimum Gasteiger partial charge on any atom is -0.309 e. The second kappa shape index (κ2) is 6.77. The van der Waals surface area contributed by atoms with Crippen molar-refractivity contribution in [2.75, 3.05) is 0 Å². The minimum absolute atomic E-state index is 0.113. The Morgan fingerprint density at radius 2 is 1.76 bits per heavy atom. The van der Waals surface area contributed by atoms with Gasteiger partial charge in [-0.2, -0.15) is 0 Å². The lowest BCUT2D eigenvalue weighted by molar-refractivity contribution is 0.509. The molecule has 21 heavy (non-hydrogen) atoms. The van der Waals surface area contributed by atoms with Crippen molar-refractivity contribution < 1.29 is 8.42 Å². The quantitative estimate of drug-likeness (QED) is 0.789. The van der Waals surface area contributed by atoms with Crippen molar-refractivity contribution in [2.24, 2.45) is 0 Å². The number of hydrogen-bond donors (Lipinski definition) is 2. The van der Waals surface area contributed by atoms with Gasteiger partial charge < -0.3 is 5.32 Å². The van der Waals surface area contributed by atoms with Crippen molar-refractivity contribution in [3.05, 3.63) is 16.3 Å². The van der Waals surface area contributed by atoms with Gasteiger partial charge in [0.2, 0.25) is 10.0 Å². The summed E-state index contributed by atoms with van der Waals surface area (Å²) in [7, 11) is -3.37. The zero-order chi connectivity index (χ0) is 14.7. The summed E-state index contributed by atoms with van der Waals surface area (Å²) in [6.45, 7) is 0.670. The number of hydrogen-bond acceptors (Lipinski definition) is 4. The van der Waals surface area contributed by atoms with Gasteiger partial charge in [0.15, 0.2) is 0 Å². The average Bonchev–Trinajstić information content (AvgIpc) is 3.20. The predicted octanol–water partition coefficient (Wildman–Crippen LogP) is 3.00. The summed E-state index contributed by atoms with van der Waals surface area (Å²) in [4.78, 5) is 1.41. The van der Waals surface area contributed by atoms with E-state index in [1.807, 2.05) is 5.38 Å². The van der Waals surface area contributed by atoms with E-state index in [0.717, 1.165) is 30.6 Å². The van der Waals surface area contributed by atoms with Gasteiger partial charge >= 0.3 is 0 Å². The molecule has 2 saturated carbocycles. The molecule has 0 radical (unpaired) electrons. The topological polar surface area (TPSA) is 58.2 Å². The molecule has 2 fully saturated rings. The van der Waals surface area contributed by atoms with Crippen LogP contribution in [0.5, 0.6) is 0 Å². The van der Waals surface area contributed by atoms with Crippen molar-refractivity contribution in [2.45, 2.75) is 74.9 Å². The first-order valence-electron chi connectivity index (χ1n) is 7.97. The van der Waals surface area contributed by atoms with Crippen LogP contribution in [0.25, 0.3) is 0 Å². The molecule has 0 unspecified atom stereocenters. The molecule has 118 valence electrons. The second-order valence-corrected chi connectivity index (χ2v) is 8.86. The van der Waals surface area contributed by atoms with Gasteiger partial charge in [0.05, 0.1) is 4.90 Å². The summed E-state index contributed by atoms with van der Waals surface area (Å²) < 4.78 is 28.2. The number of nitrogens with one attached hydrogen (secondary N) is 2. The highest BCUT2D eigenvalue weighted by Crippen LogP contribution is 2.26. The number of rotatable bonds is 6. The highest BCUT2D eigenvalue weighted by molar-refractivity contribution is 7.89. The Labute approximate surface area is 131 Å². The van der Waals surface area contributed by atoms with E-state index in [0.29, 0.717) is 17.5 Å². The first kappa shape index (κ1) is 15.5. The molecule has 2 aliphatic carbocycles. The lowest BCUT2D eigenvalue weighted by Crippen LogP contribution is -2.34. The van der Waals surface area contributed by atoms with Gasteiger partial charge in [-0.05, 0) is 37.1 Å². The molecular weight excluding hydrogens is 304 g/mol. The van der Waals surface area contributed by atoms with Gasteiger partial charge in [0.25, 0.3) is 0 Å². The molecule has 6 heteroatoms. The first-order chi connectivity index (χ1) is 10.1. The molecule has 2 N–H and O–H groups in total.